The maximum absolute atomic E-state index is 12.8. The van der Waals surface area contributed by atoms with Crippen LogP contribution in [0, 0.1) is 5.92 Å². The summed E-state index contributed by atoms with van der Waals surface area (Å²) in [5, 5.41) is 2.48. The Bertz CT molecular complexity index is 585. The molecule has 6 nitrogen and oxygen atoms in total. The third kappa shape index (κ3) is 4.95. The van der Waals surface area contributed by atoms with Crippen LogP contribution in [0.15, 0.2) is 5.38 Å². The van der Waals surface area contributed by atoms with Gasteiger partial charge in [-0.3, -0.25) is 0 Å². The van der Waals surface area contributed by atoms with Crippen molar-refractivity contribution >= 4 is 28.7 Å². The molecule has 1 saturated heterocycles. The van der Waals surface area contributed by atoms with Crippen LogP contribution in [0.1, 0.15) is 69.6 Å². The molecule has 0 unspecified atom stereocenters. The second-order valence-electron chi connectivity index (χ2n) is 7.40. The predicted octanol–water partition coefficient (Wildman–Crippen LogP) is 3.53. The minimum atomic E-state index is -1.13. The van der Waals surface area contributed by atoms with E-state index < -0.39 is 17.3 Å². The zero-order valence-electron chi connectivity index (χ0n) is 15.8. The van der Waals surface area contributed by atoms with Crippen molar-refractivity contribution in [2.45, 2.75) is 64.9 Å². The van der Waals surface area contributed by atoms with E-state index in [1.54, 1.807) is 12.3 Å². The van der Waals surface area contributed by atoms with Crippen molar-refractivity contribution in [2.75, 3.05) is 13.3 Å². The highest BCUT2D eigenvalue weighted by Crippen LogP contribution is 2.37. The number of hydrogen-bond acceptors (Lipinski definition) is 7. The summed E-state index contributed by atoms with van der Waals surface area (Å²) < 4.78 is 25.4. The average Bonchev–Trinajstić information content (AvgIpc) is 3.03. The van der Waals surface area contributed by atoms with Crippen molar-refractivity contribution in [3.8, 4) is 0 Å². The van der Waals surface area contributed by atoms with Gasteiger partial charge in [0, 0.05) is 23.2 Å². The second-order valence-corrected chi connectivity index (χ2v) is 10.5. The van der Waals surface area contributed by atoms with Gasteiger partial charge in [-0.25, -0.2) is 9.78 Å². The summed E-state index contributed by atoms with van der Waals surface area (Å²) in [5.41, 5.74) is 0.326. The van der Waals surface area contributed by atoms with Crippen molar-refractivity contribution < 1.29 is 18.8 Å². The van der Waals surface area contributed by atoms with E-state index in [4.69, 9.17) is 9.47 Å². The first-order valence-corrected chi connectivity index (χ1v) is 10.6. The average molecular weight is 389 g/mol. The van der Waals surface area contributed by atoms with Gasteiger partial charge in [-0.1, -0.05) is 18.2 Å². The lowest BCUT2D eigenvalue weighted by molar-refractivity contribution is -0.0715. The zero-order chi connectivity index (χ0) is 18.8. The van der Waals surface area contributed by atoms with E-state index >= 15 is 0 Å². The van der Waals surface area contributed by atoms with E-state index in [1.807, 2.05) is 25.1 Å². The van der Waals surface area contributed by atoms with Crippen molar-refractivity contribution in [1.82, 2.24) is 9.29 Å². The number of hydrogen-bond donors (Lipinski definition) is 0. The summed E-state index contributed by atoms with van der Waals surface area (Å²) in [5.74, 6) is -0.0705. The van der Waals surface area contributed by atoms with Gasteiger partial charge in [0.25, 0.3) is 0 Å². The van der Waals surface area contributed by atoms with Crippen LogP contribution in [0.25, 0.3) is 0 Å². The van der Waals surface area contributed by atoms with Gasteiger partial charge in [-0.05, 0) is 33.6 Å². The van der Waals surface area contributed by atoms with Crippen molar-refractivity contribution in [3.63, 3.8) is 0 Å². The molecular formula is C17H28N2O4S2. The summed E-state index contributed by atoms with van der Waals surface area (Å²) >= 11 is 0.275. The first-order valence-electron chi connectivity index (χ1n) is 8.58. The summed E-state index contributed by atoms with van der Waals surface area (Å²) in [4.78, 5) is 16.2. The Kier molecular flexibility index (Phi) is 6.89. The Hall–Kier alpha value is -0.670. The molecule has 0 radical (unpaired) electrons. The van der Waals surface area contributed by atoms with Crippen molar-refractivity contribution in [3.05, 3.63) is 16.1 Å². The molecule has 0 spiro atoms. The summed E-state index contributed by atoms with van der Waals surface area (Å²) in [7, 11) is 0. The number of carbonyl (C=O) groups excluding carboxylic acids is 1. The lowest BCUT2D eigenvalue weighted by Gasteiger charge is -2.43. The lowest BCUT2D eigenvalue weighted by atomic mass is 9.97. The smallest absolute Gasteiger partial charge is 0.357 e. The van der Waals surface area contributed by atoms with Crippen LogP contribution < -0.4 is 0 Å². The third-order valence-electron chi connectivity index (χ3n) is 4.02. The topological polar surface area (TPSA) is 74.7 Å². The van der Waals surface area contributed by atoms with E-state index in [0.717, 1.165) is 5.01 Å². The van der Waals surface area contributed by atoms with Crippen LogP contribution in [-0.2, 0) is 20.8 Å². The molecule has 2 heterocycles. The monoisotopic (exact) mass is 388 g/mol. The number of nitrogens with zero attached hydrogens (tertiary/aromatic N) is 2. The molecule has 8 heteroatoms. The number of esters is 1. The van der Waals surface area contributed by atoms with E-state index in [9.17, 15) is 9.35 Å². The quantitative estimate of drug-likeness (QED) is 0.567. The molecule has 1 aliphatic rings. The van der Waals surface area contributed by atoms with E-state index in [0.29, 0.717) is 31.4 Å². The van der Waals surface area contributed by atoms with Crippen LogP contribution in [0.4, 0.5) is 0 Å². The fourth-order valence-electron chi connectivity index (χ4n) is 2.70. The molecule has 0 amide bonds. The molecule has 0 aromatic carbocycles. The van der Waals surface area contributed by atoms with Gasteiger partial charge in [-0.2, -0.15) is 0 Å². The molecule has 0 aliphatic carbocycles. The van der Waals surface area contributed by atoms with Crippen LogP contribution in [0.5, 0.6) is 0 Å². The Morgan fingerprint density at radius 3 is 2.80 bits per heavy atom. The normalized spacial score (nSPS) is 23.7. The minimum Gasteiger partial charge on any atom is -0.597 e. The first kappa shape index (κ1) is 20.6. The number of carbonyl (C=O) groups is 1. The molecule has 2 rings (SSSR count). The molecule has 0 N–H and O–H groups in total. The molecule has 142 valence electrons. The third-order valence-corrected chi connectivity index (χ3v) is 6.80. The largest absolute Gasteiger partial charge is 0.597 e. The molecule has 1 aromatic heterocycles. The number of ether oxygens (including phenoxy) is 2. The Morgan fingerprint density at radius 2 is 2.24 bits per heavy atom. The van der Waals surface area contributed by atoms with Crippen molar-refractivity contribution in [2.24, 2.45) is 5.92 Å². The highest BCUT2D eigenvalue weighted by atomic mass is 32.2. The van der Waals surface area contributed by atoms with Gasteiger partial charge in [0.15, 0.2) is 5.69 Å². The van der Waals surface area contributed by atoms with Gasteiger partial charge in [0.1, 0.15) is 22.6 Å². The van der Waals surface area contributed by atoms with Crippen molar-refractivity contribution in [1.29, 1.82) is 0 Å². The number of thiazole rings is 1. The molecular weight excluding hydrogens is 360 g/mol. The predicted molar refractivity (Wildman–Crippen MR) is 99.7 cm³/mol. The van der Waals surface area contributed by atoms with Crippen LogP contribution in [0.2, 0.25) is 0 Å². The lowest BCUT2D eigenvalue weighted by Crippen LogP contribution is -2.53. The number of aromatic nitrogens is 1. The maximum atomic E-state index is 12.8. The zero-order valence-corrected chi connectivity index (χ0v) is 17.4. The molecule has 0 saturated carbocycles. The van der Waals surface area contributed by atoms with Gasteiger partial charge in [0.2, 0.25) is 0 Å². The Labute approximate surface area is 157 Å². The van der Waals surface area contributed by atoms with Gasteiger partial charge in [-0.15, -0.1) is 11.3 Å². The fraction of sp³-hybridized carbons (Fsp3) is 0.765. The molecule has 0 bridgehead atoms. The fourth-order valence-corrected chi connectivity index (χ4v) is 4.98. The van der Waals surface area contributed by atoms with Gasteiger partial charge in [0.05, 0.1) is 12.6 Å². The Balaban J connectivity index is 2.13. The van der Waals surface area contributed by atoms with E-state index in [-0.39, 0.29) is 16.9 Å². The highest BCUT2D eigenvalue weighted by molar-refractivity contribution is 7.90. The van der Waals surface area contributed by atoms with E-state index in [2.05, 4.69) is 18.8 Å². The summed E-state index contributed by atoms with van der Waals surface area (Å²) in [6, 6.07) is 0.133. The standard InChI is InChI=1S/C17H28N2O4S2/c1-7-22-16(20)12-9-24-15(18-12)14-8-13(11(2)3)19(10-23-14)25(21)17(4,5)6/h9,11,13-14H,7-8,10H2,1-6H3/t13-,14-,25+/m1/s1. The van der Waals surface area contributed by atoms with Gasteiger partial charge < -0.3 is 14.0 Å². The maximum Gasteiger partial charge on any atom is 0.357 e. The molecule has 1 fully saturated rings. The van der Waals surface area contributed by atoms with Gasteiger partial charge >= 0.3 is 5.97 Å². The van der Waals surface area contributed by atoms with Crippen LogP contribution in [0.3, 0.4) is 0 Å². The molecule has 3 atom stereocenters. The summed E-state index contributed by atoms with van der Waals surface area (Å²) in [6.07, 6.45) is 0.517. The molecule has 1 aromatic rings. The highest BCUT2D eigenvalue weighted by Gasteiger charge is 2.43. The summed E-state index contributed by atoms with van der Waals surface area (Å²) in [6.45, 7) is 12.6. The number of rotatable bonds is 5. The molecule has 1 aliphatic heterocycles. The molecule has 25 heavy (non-hydrogen) atoms. The minimum absolute atomic E-state index is 0.133. The SMILES string of the molecule is CCOC(=O)c1csc([C@H]2C[C@H](C(C)C)N([S@@+]([O-])C(C)(C)C)CO2)n1. The van der Waals surface area contributed by atoms with E-state index in [1.165, 1.54) is 11.3 Å². The second kappa shape index (κ2) is 8.35. The first-order chi connectivity index (χ1) is 11.6. The Morgan fingerprint density at radius 1 is 1.56 bits per heavy atom. The van der Waals surface area contributed by atoms with Crippen LogP contribution in [-0.4, -0.2) is 43.9 Å². The van der Waals surface area contributed by atoms with Crippen LogP contribution >= 0.6 is 11.3 Å².